The molecule has 0 amide bonds. The van der Waals surface area contributed by atoms with E-state index < -0.39 is 5.97 Å². The molecule has 0 atom stereocenters. The van der Waals surface area contributed by atoms with E-state index in [2.05, 4.69) is 17.0 Å². The van der Waals surface area contributed by atoms with Crippen molar-refractivity contribution in [2.24, 2.45) is 0 Å². The fraction of sp³-hybridized carbons (Fsp3) is 0.320. The topological polar surface area (TPSA) is 48.0 Å². The van der Waals surface area contributed by atoms with Crippen LogP contribution >= 0.6 is 0 Å². The number of benzene rings is 3. The van der Waals surface area contributed by atoms with E-state index in [-0.39, 0.29) is 6.61 Å². The van der Waals surface area contributed by atoms with Gasteiger partial charge in [0.2, 0.25) is 0 Å². The highest BCUT2D eigenvalue weighted by molar-refractivity contribution is 5.88. The molecule has 5 heteroatoms. The highest BCUT2D eigenvalue weighted by Crippen LogP contribution is 2.30. The summed E-state index contributed by atoms with van der Waals surface area (Å²) in [5.74, 6) is 0.924. The Balaban J connectivity index is 1.54. The molecule has 0 N–H and O–H groups in total. The summed E-state index contributed by atoms with van der Waals surface area (Å²) in [6.07, 6.45) is 0. The predicted molar refractivity (Wildman–Crippen MR) is 117 cm³/mol. The van der Waals surface area contributed by atoms with Crippen LogP contribution in [0.4, 0.5) is 0 Å². The zero-order chi connectivity index (χ0) is 20.9. The number of carbonyl (C=O) groups is 1. The van der Waals surface area contributed by atoms with E-state index >= 15 is 0 Å². The average molecular weight is 405 g/mol. The van der Waals surface area contributed by atoms with Gasteiger partial charge in [0.05, 0.1) is 13.2 Å². The van der Waals surface area contributed by atoms with Crippen LogP contribution < -0.4 is 9.47 Å². The van der Waals surface area contributed by atoms with Crippen LogP contribution in [-0.4, -0.2) is 43.8 Å². The van der Waals surface area contributed by atoms with Gasteiger partial charge in [0.25, 0.3) is 0 Å². The molecule has 0 bridgehead atoms. The minimum absolute atomic E-state index is 0.129. The predicted octanol–water partition coefficient (Wildman–Crippen LogP) is 4.27. The van der Waals surface area contributed by atoms with Crippen LogP contribution in [0.3, 0.4) is 0 Å². The zero-order valence-corrected chi connectivity index (χ0v) is 17.5. The summed E-state index contributed by atoms with van der Waals surface area (Å²) in [4.78, 5) is 14.9. The van der Waals surface area contributed by atoms with Gasteiger partial charge in [0, 0.05) is 25.2 Å². The fourth-order valence-electron chi connectivity index (χ4n) is 3.87. The third kappa shape index (κ3) is 4.64. The summed E-state index contributed by atoms with van der Waals surface area (Å²) in [5.41, 5.74) is 3.03. The van der Waals surface area contributed by atoms with Crippen LogP contribution in [0.1, 0.15) is 16.7 Å². The van der Waals surface area contributed by atoms with Gasteiger partial charge in [-0.1, -0.05) is 48.5 Å². The van der Waals surface area contributed by atoms with Crippen molar-refractivity contribution in [1.29, 1.82) is 0 Å². The summed E-state index contributed by atoms with van der Waals surface area (Å²) < 4.78 is 17.0. The first-order chi connectivity index (χ1) is 14.6. The van der Waals surface area contributed by atoms with E-state index in [1.807, 2.05) is 56.3 Å². The summed E-state index contributed by atoms with van der Waals surface area (Å²) in [7, 11) is 0. The molecule has 0 aromatic heterocycles. The molecule has 1 saturated heterocycles. The Hall–Kier alpha value is -2.89. The van der Waals surface area contributed by atoms with Gasteiger partial charge in [-0.2, -0.15) is 0 Å². The Bertz CT molecular complexity index is 1020. The van der Waals surface area contributed by atoms with E-state index in [0.29, 0.717) is 12.3 Å². The molecule has 1 heterocycles. The monoisotopic (exact) mass is 405 g/mol. The lowest BCUT2D eigenvalue weighted by Gasteiger charge is -2.27. The number of hydrogen-bond donors (Lipinski definition) is 0. The average Bonchev–Trinajstić information content (AvgIpc) is 2.76. The van der Waals surface area contributed by atoms with E-state index in [4.69, 9.17) is 14.2 Å². The van der Waals surface area contributed by atoms with E-state index in [1.165, 1.54) is 0 Å². The molecular formula is C25H27NO4. The van der Waals surface area contributed by atoms with Crippen molar-refractivity contribution in [1.82, 2.24) is 4.90 Å². The number of aryl methyl sites for hydroxylation is 2. The molecule has 3 aromatic carbocycles. The quantitative estimate of drug-likeness (QED) is 0.453. The molecule has 0 aliphatic carbocycles. The molecule has 0 saturated carbocycles. The first-order valence-electron chi connectivity index (χ1n) is 10.3. The first kappa shape index (κ1) is 20.4. The fourth-order valence-corrected chi connectivity index (χ4v) is 3.87. The number of rotatable bonds is 6. The van der Waals surface area contributed by atoms with Crippen LogP contribution in [0.2, 0.25) is 0 Å². The van der Waals surface area contributed by atoms with E-state index in [1.54, 1.807) is 0 Å². The maximum Gasteiger partial charge on any atom is 0.349 e. The lowest BCUT2D eigenvalue weighted by Crippen LogP contribution is -2.35. The van der Waals surface area contributed by atoms with Crippen molar-refractivity contribution in [2.45, 2.75) is 20.4 Å². The molecule has 1 aliphatic heterocycles. The lowest BCUT2D eigenvalue weighted by molar-refractivity contribution is -0.136. The van der Waals surface area contributed by atoms with Crippen LogP contribution in [0.15, 0.2) is 54.6 Å². The third-order valence-electron chi connectivity index (χ3n) is 5.45. The van der Waals surface area contributed by atoms with Crippen molar-refractivity contribution in [2.75, 3.05) is 32.9 Å². The highest BCUT2D eigenvalue weighted by atomic mass is 16.6. The number of carbonyl (C=O) groups excluding carboxylic acids is 1. The maximum absolute atomic E-state index is 12.6. The molecular weight excluding hydrogens is 378 g/mol. The second-order valence-corrected chi connectivity index (χ2v) is 7.64. The minimum Gasteiger partial charge on any atom is -0.481 e. The molecule has 4 rings (SSSR count). The third-order valence-corrected chi connectivity index (χ3v) is 5.45. The number of esters is 1. The van der Waals surface area contributed by atoms with Gasteiger partial charge in [-0.05, 0) is 41.8 Å². The molecule has 156 valence electrons. The van der Waals surface area contributed by atoms with Crippen molar-refractivity contribution in [3.05, 3.63) is 71.3 Å². The summed E-state index contributed by atoms with van der Waals surface area (Å²) in [6.45, 7) is 7.71. The highest BCUT2D eigenvalue weighted by Gasteiger charge is 2.18. The largest absolute Gasteiger partial charge is 0.481 e. The molecule has 1 fully saturated rings. The Morgan fingerprint density at radius 1 is 0.967 bits per heavy atom. The molecule has 0 radical (unpaired) electrons. The normalized spacial score (nSPS) is 14.6. The number of ether oxygens (including phenoxy) is 3. The second-order valence-electron chi connectivity index (χ2n) is 7.64. The Kier molecular flexibility index (Phi) is 6.31. The van der Waals surface area contributed by atoms with Gasteiger partial charge in [-0.25, -0.2) is 4.79 Å². The molecule has 1 aliphatic rings. The summed E-state index contributed by atoms with van der Waals surface area (Å²) in [5, 5.41) is 2.23. The van der Waals surface area contributed by atoms with E-state index in [9.17, 15) is 4.79 Å². The minimum atomic E-state index is -0.406. The van der Waals surface area contributed by atoms with Gasteiger partial charge in [0.15, 0.2) is 6.61 Å². The maximum atomic E-state index is 12.6. The number of hydrogen-bond acceptors (Lipinski definition) is 5. The smallest absolute Gasteiger partial charge is 0.349 e. The van der Waals surface area contributed by atoms with Crippen LogP contribution in [0.5, 0.6) is 11.5 Å². The Morgan fingerprint density at radius 3 is 2.47 bits per heavy atom. The summed E-state index contributed by atoms with van der Waals surface area (Å²) in [6, 6.07) is 18.0. The van der Waals surface area contributed by atoms with Crippen LogP contribution in [-0.2, 0) is 16.1 Å². The number of nitrogens with zero attached hydrogens (tertiary/aromatic N) is 1. The SMILES string of the molecule is Cc1cccc(C)c1OCC(=O)Oc1ccc2ccccc2c1CN1CCOCC1. The first-order valence-corrected chi connectivity index (χ1v) is 10.3. The zero-order valence-electron chi connectivity index (χ0n) is 17.5. The summed E-state index contributed by atoms with van der Waals surface area (Å²) >= 11 is 0. The van der Waals surface area contributed by atoms with Gasteiger partial charge in [-0.3, -0.25) is 4.90 Å². The number of fused-ring (bicyclic) bond motifs is 1. The van der Waals surface area contributed by atoms with Crippen molar-refractivity contribution in [3.8, 4) is 11.5 Å². The lowest BCUT2D eigenvalue weighted by atomic mass is 10.0. The Morgan fingerprint density at radius 2 is 1.70 bits per heavy atom. The number of para-hydroxylation sites is 1. The van der Waals surface area contributed by atoms with Gasteiger partial charge < -0.3 is 14.2 Å². The van der Waals surface area contributed by atoms with Crippen molar-refractivity contribution < 1.29 is 19.0 Å². The molecule has 30 heavy (non-hydrogen) atoms. The Labute approximate surface area is 177 Å². The molecule has 0 spiro atoms. The van der Waals surface area contributed by atoms with Crippen LogP contribution in [0, 0.1) is 13.8 Å². The standard InChI is InChI=1S/C25H27NO4/c1-18-6-5-7-19(2)25(18)29-17-24(27)30-23-11-10-20-8-3-4-9-21(20)22(23)16-26-12-14-28-15-13-26/h3-11H,12-17H2,1-2H3. The van der Waals surface area contributed by atoms with Crippen molar-refractivity contribution in [3.63, 3.8) is 0 Å². The number of morpholine rings is 1. The molecule has 0 unspecified atom stereocenters. The van der Waals surface area contributed by atoms with Gasteiger partial charge >= 0.3 is 5.97 Å². The second kappa shape index (κ2) is 9.28. The van der Waals surface area contributed by atoms with Crippen molar-refractivity contribution >= 4 is 16.7 Å². The van der Waals surface area contributed by atoms with Crippen LogP contribution in [0.25, 0.3) is 10.8 Å². The van der Waals surface area contributed by atoms with Gasteiger partial charge in [0.1, 0.15) is 11.5 Å². The van der Waals surface area contributed by atoms with Gasteiger partial charge in [-0.15, -0.1) is 0 Å². The van der Waals surface area contributed by atoms with E-state index in [0.717, 1.165) is 59.5 Å². The molecule has 5 nitrogen and oxygen atoms in total. The molecule has 3 aromatic rings.